The Morgan fingerprint density at radius 2 is 0.754 bits per heavy atom. The number of ether oxygens (including phenoxy) is 2. The highest BCUT2D eigenvalue weighted by atomic mass is 31.2. The monoisotopic (exact) mass is 997 g/mol. The average Bonchev–Trinajstić information content (AvgIpc) is 3.31. The first-order chi connectivity index (χ1) is 33.6. The topological polar surface area (TPSA) is 91.3 Å². The van der Waals surface area contributed by atoms with Crippen LogP contribution in [-0.2, 0) is 27.9 Å². The van der Waals surface area contributed by atoms with E-state index in [4.69, 9.17) is 18.5 Å². The number of hydrogen-bond donors (Lipinski definition) is 1. The summed E-state index contributed by atoms with van der Waals surface area (Å²) in [7, 11) is 1.68. The van der Waals surface area contributed by atoms with Crippen molar-refractivity contribution in [3.05, 3.63) is 24.3 Å². The van der Waals surface area contributed by atoms with E-state index in [0.29, 0.717) is 24.1 Å². The van der Waals surface area contributed by atoms with Crippen molar-refractivity contribution < 1.29 is 37.3 Å². The first kappa shape index (κ1) is 68.0. The third-order valence-corrected chi connectivity index (χ3v) is 14.5. The molecule has 0 spiro atoms. The van der Waals surface area contributed by atoms with Crippen molar-refractivity contribution in [2.75, 3.05) is 54.1 Å². The van der Waals surface area contributed by atoms with Crippen LogP contribution in [0.1, 0.15) is 296 Å². The second kappa shape index (κ2) is 53.3. The molecule has 9 heteroatoms. The van der Waals surface area contributed by atoms with Crippen molar-refractivity contribution in [3.63, 3.8) is 0 Å². The first-order valence-corrected chi connectivity index (χ1v) is 31.6. The minimum Gasteiger partial charge on any atom is -0.457 e. The molecule has 0 saturated heterocycles. The molecule has 0 aliphatic carbocycles. The summed E-state index contributed by atoms with van der Waals surface area (Å²) in [6, 6.07) is 0. The maximum absolute atomic E-state index is 12.8. The lowest BCUT2D eigenvalue weighted by molar-refractivity contribution is -0.870. The quantitative estimate of drug-likeness (QED) is 0.0213. The van der Waals surface area contributed by atoms with E-state index in [1.807, 2.05) is 21.1 Å². The fourth-order valence-corrected chi connectivity index (χ4v) is 9.58. The Kier molecular flexibility index (Phi) is 52.5. The first-order valence-electron chi connectivity index (χ1n) is 30.1. The summed E-state index contributed by atoms with van der Waals surface area (Å²) in [5.74, 6) is -0.308. The zero-order chi connectivity index (χ0) is 50.5. The van der Waals surface area contributed by atoms with Crippen LogP contribution in [0.15, 0.2) is 24.3 Å². The largest absolute Gasteiger partial charge is 0.472 e. The molecule has 0 aromatic carbocycles. The Labute approximate surface area is 430 Å². The van der Waals surface area contributed by atoms with Crippen LogP contribution >= 0.6 is 7.82 Å². The van der Waals surface area contributed by atoms with E-state index in [1.54, 1.807) is 0 Å². The molecule has 69 heavy (non-hydrogen) atoms. The number of phosphoric acid groups is 1. The summed E-state index contributed by atoms with van der Waals surface area (Å²) in [4.78, 5) is 23.1. The molecule has 0 fully saturated rings. The van der Waals surface area contributed by atoms with Gasteiger partial charge >= 0.3 is 13.8 Å². The number of rotatable bonds is 57. The maximum Gasteiger partial charge on any atom is 0.472 e. The van der Waals surface area contributed by atoms with E-state index >= 15 is 0 Å². The number of quaternary nitrogens is 1. The number of likely N-dealkylation sites (N-methyl/N-ethyl adjacent to an activating group) is 1. The zero-order valence-electron chi connectivity index (χ0n) is 46.8. The van der Waals surface area contributed by atoms with Crippen LogP contribution in [0.5, 0.6) is 0 Å². The Balaban J connectivity index is 4.02. The number of carbonyl (C=O) groups excluding carboxylic acids is 1. The third-order valence-electron chi connectivity index (χ3n) is 13.5. The van der Waals surface area contributed by atoms with Crippen LogP contribution in [0.2, 0.25) is 0 Å². The van der Waals surface area contributed by atoms with Gasteiger partial charge in [-0.25, -0.2) is 4.57 Å². The van der Waals surface area contributed by atoms with Crippen molar-refractivity contribution in [1.82, 2.24) is 0 Å². The fraction of sp³-hybridized carbons (Fsp3) is 0.917. The molecule has 2 atom stereocenters. The number of phosphoric ester groups is 1. The molecule has 0 aromatic rings. The maximum atomic E-state index is 12.8. The van der Waals surface area contributed by atoms with Crippen LogP contribution in [0, 0.1) is 0 Å². The molecule has 0 heterocycles. The number of hydrogen-bond acceptors (Lipinski definition) is 6. The summed E-state index contributed by atoms with van der Waals surface area (Å²) < 4.78 is 35.3. The molecular formula is C60H119NO7P+. The summed E-state index contributed by atoms with van der Waals surface area (Å²) in [5, 5.41) is 0. The zero-order valence-corrected chi connectivity index (χ0v) is 47.7. The number of nitrogens with zero attached hydrogens (tertiary/aromatic N) is 1. The highest BCUT2D eigenvalue weighted by molar-refractivity contribution is 7.47. The fourth-order valence-electron chi connectivity index (χ4n) is 8.84. The molecule has 2 unspecified atom stereocenters. The summed E-state index contributed by atoms with van der Waals surface area (Å²) in [5.41, 5.74) is 0. The van der Waals surface area contributed by atoms with Gasteiger partial charge in [-0.05, 0) is 64.2 Å². The van der Waals surface area contributed by atoms with Crippen molar-refractivity contribution in [1.29, 1.82) is 0 Å². The number of esters is 1. The van der Waals surface area contributed by atoms with Gasteiger partial charge in [-0.2, -0.15) is 0 Å². The van der Waals surface area contributed by atoms with Crippen molar-refractivity contribution in [2.45, 2.75) is 302 Å². The summed E-state index contributed by atoms with van der Waals surface area (Å²) >= 11 is 0. The van der Waals surface area contributed by atoms with Crippen molar-refractivity contribution in [3.8, 4) is 0 Å². The highest BCUT2D eigenvalue weighted by Gasteiger charge is 2.26. The molecule has 410 valence electrons. The lowest BCUT2D eigenvalue weighted by Crippen LogP contribution is -2.37. The van der Waals surface area contributed by atoms with Gasteiger partial charge in [0.1, 0.15) is 19.3 Å². The number of unbranched alkanes of at least 4 members (excludes halogenated alkanes) is 39. The Hall–Kier alpha value is -1.02. The minimum atomic E-state index is -4.28. The standard InChI is InChI=1S/C60H118NO7P/c1-6-8-10-12-14-16-18-20-22-24-26-28-30-31-32-33-35-37-39-41-43-45-47-49-51-53-60(62)68-59(58-67-69(63,64)66-56-54-61(3,4)5)57-65-55-52-50-48-46-44-42-40-38-36-34-29-27-25-23-21-19-17-15-13-11-9-7-2/h24-27,59H,6-23,28-58H2,1-5H3/p+1/b26-24-,27-25-. The lowest BCUT2D eigenvalue weighted by atomic mass is 10.0. The molecule has 1 N–H and O–H groups in total. The van der Waals surface area contributed by atoms with Gasteiger partial charge in [-0.1, -0.05) is 250 Å². The summed E-state index contributed by atoms with van der Waals surface area (Å²) in [6.45, 7) is 5.69. The van der Waals surface area contributed by atoms with Gasteiger partial charge in [-0.15, -0.1) is 0 Å². The molecular weight excluding hydrogens is 878 g/mol. The van der Waals surface area contributed by atoms with E-state index in [0.717, 1.165) is 32.1 Å². The molecule has 8 nitrogen and oxygen atoms in total. The third kappa shape index (κ3) is 57.8. The molecule has 0 bridgehead atoms. The van der Waals surface area contributed by atoms with Gasteiger partial charge in [0, 0.05) is 13.0 Å². The molecule has 0 amide bonds. The van der Waals surface area contributed by atoms with E-state index < -0.39 is 13.9 Å². The smallest absolute Gasteiger partial charge is 0.457 e. The van der Waals surface area contributed by atoms with Gasteiger partial charge < -0.3 is 18.9 Å². The highest BCUT2D eigenvalue weighted by Crippen LogP contribution is 2.43. The Morgan fingerprint density at radius 1 is 0.435 bits per heavy atom. The van der Waals surface area contributed by atoms with Gasteiger partial charge in [0.15, 0.2) is 0 Å². The van der Waals surface area contributed by atoms with Crippen LogP contribution in [-0.4, -0.2) is 75.6 Å². The van der Waals surface area contributed by atoms with Crippen LogP contribution in [0.3, 0.4) is 0 Å². The molecule has 0 rings (SSSR count). The normalized spacial score (nSPS) is 13.5. The molecule has 0 aliphatic heterocycles. The predicted molar refractivity (Wildman–Crippen MR) is 298 cm³/mol. The van der Waals surface area contributed by atoms with E-state index in [1.165, 1.54) is 244 Å². The van der Waals surface area contributed by atoms with Gasteiger partial charge in [0.05, 0.1) is 34.4 Å². The molecule has 0 aliphatic rings. The molecule has 0 radical (unpaired) electrons. The van der Waals surface area contributed by atoms with Crippen LogP contribution in [0.4, 0.5) is 0 Å². The van der Waals surface area contributed by atoms with Crippen molar-refractivity contribution in [2.24, 2.45) is 0 Å². The number of carbonyl (C=O) groups is 1. The molecule has 0 saturated carbocycles. The predicted octanol–water partition coefficient (Wildman–Crippen LogP) is 19.1. The Bertz CT molecular complexity index is 1160. The van der Waals surface area contributed by atoms with E-state index in [-0.39, 0.29) is 25.8 Å². The van der Waals surface area contributed by atoms with E-state index in [9.17, 15) is 14.3 Å². The summed E-state index contributed by atoms with van der Waals surface area (Å²) in [6.07, 6.45) is 65.3. The molecule has 0 aromatic heterocycles. The lowest BCUT2D eigenvalue weighted by Gasteiger charge is -2.24. The van der Waals surface area contributed by atoms with Gasteiger partial charge in [0.2, 0.25) is 0 Å². The second-order valence-corrected chi connectivity index (χ2v) is 23.2. The minimum absolute atomic E-state index is 0.0907. The van der Waals surface area contributed by atoms with Gasteiger partial charge in [0.25, 0.3) is 0 Å². The second-order valence-electron chi connectivity index (χ2n) is 21.7. The number of allylic oxidation sites excluding steroid dienone is 4. The van der Waals surface area contributed by atoms with Gasteiger partial charge in [-0.3, -0.25) is 13.8 Å². The van der Waals surface area contributed by atoms with Crippen LogP contribution in [0.25, 0.3) is 0 Å². The van der Waals surface area contributed by atoms with Crippen LogP contribution < -0.4 is 0 Å². The average molecular weight is 998 g/mol. The van der Waals surface area contributed by atoms with Crippen molar-refractivity contribution >= 4 is 13.8 Å². The SMILES string of the molecule is CCCCCCCCCC/C=C\CCCCCCCCCCCCCCCC(=O)OC(COCCCCCCCCCCCC/C=C\CCCCCCCCCC)COP(=O)(O)OCC[N+](C)(C)C. The Morgan fingerprint density at radius 3 is 1.10 bits per heavy atom. The van der Waals surface area contributed by atoms with E-state index in [2.05, 4.69) is 38.2 Å².